The van der Waals surface area contributed by atoms with E-state index in [2.05, 4.69) is 15.7 Å². The molecule has 3 aliphatic rings. The zero-order valence-corrected chi connectivity index (χ0v) is 8.52. The van der Waals surface area contributed by atoms with E-state index in [1.807, 2.05) is 0 Å². The maximum atomic E-state index is 9.96. The molecule has 3 heteroatoms. The summed E-state index contributed by atoms with van der Waals surface area (Å²) in [6.07, 6.45) is 6.38. The molecule has 0 aromatic rings. The molecule has 3 saturated heterocycles. The van der Waals surface area contributed by atoms with Gasteiger partial charge in [0, 0.05) is 45.2 Å². The standard InChI is InChI=1S/C11H18N2O/c1-2-3-4-11(14)10-9-12-5-7-13(10)8-6-12/h1,10-11,14H,3-9H2. The highest BCUT2D eigenvalue weighted by Crippen LogP contribution is 2.20. The van der Waals surface area contributed by atoms with Gasteiger partial charge in [-0.2, -0.15) is 0 Å². The first kappa shape index (κ1) is 9.97. The second-order valence-electron chi connectivity index (χ2n) is 4.21. The number of rotatable bonds is 3. The van der Waals surface area contributed by atoms with E-state index in [0.717, 1.165) is 26.1 Å². The molecule has 1 N–H and O–H groups in total. The van der Waals surface area contributed by atoms with Crippen LogP contribution in [0, 0.1) is 12.3 Å². The molecule has 2 bridgehead atoms. The first-order valence-corrected chi connectivity index (χ1v) is 5.39. The van der Waals surface area contributed by atoms with Gasteiger partial charge in [0.05, 0.1) is 6.10 Å². The van der Waals surface area contributed by atoms with E-state index < -0.39 is 0 Å². The quantitative estimate of drug-likeness (QED) is 0.628. The molecular formula is C11H18N2O. The van der Waals surface area contributed by atoms with Crippen LogP contribution in [0.25, 0.3) is 0 Å². The Balaban J connectivity index is 1.88. The molecule has 0 aromatic carbocycles. The third-order valence-electron chi connectivity index (χ3n) is 3.35. The summed E-state index contributed by atoms with van der Waals surface area (Å²) in [6, 6.07) is 0.325. The van der Waals surface area contributed by atoms with Gasteiger partial charge in [-0.1, -0.05) is 0 Å². The molecule has 3 aliphatic heterocycles. The van der Waals surface area contributed by atoms with Gasteiger partial charge in [0.2, 0.25) is 0 Å². The van der Waals surface area contributed by atoms with Gasteiger partial charge < -0.3 is 5.11 Å². The lowest BCUT2D eigenvalue weighted by molar-refractivity contribution is -0.0475. The number of terminal acetylenes is 1. The second kappa shape index (κ2) is 4.31. The maximum absolute atomic E-state index is 9.96. The molecule has 3 rings (SSSR count). The lowest BCUT2D eigenvalue weighted by Crippen LogP contribution is -2.64. The molecule has 3 heterocycles. The maximum Gasteiger partial charge on any atom is 0.0716 e. The molecule has 78 valence electrons. The summed E-state index contributed by atoms with van der Waals surface area (Å²) in [5, 5.41) is 9.96. The predicted molar refractivity (Wildman–Crippen MR) is 55.9 cm³/mol. The lowest BCUT2D eigenvalue weighted by Gasteiger charge is -2.49. The number of piperazine rings is 3. The number of nitrogens with zero attached hydrogens (tertiary/aromatic N) is 2. The molecule has 2 atom stereocenters. The summed E-state index contributed by atoms with van der Waals surface area (Å²) in [4.78, 5) is 4.84. The van der Waals surface area contributed by atoms with Gasteiger partial charge >= 0.3 is 0 Å². The summed E-state index contributed by atoms with van der Waals surface area (Å²) >= 11 is 0. The van der Waals surface area contributed by atoms with Crippen LogP contribution in [-0.2, 0) is 0 Å². The fourth-order valence-corrected chi connectivity index (χ4v) is 2.45. The number of aliphatic hydroxyl groups excluding tert-OH is 1. The normalized spacial score (nSPS) is 37.9. The minimum atomic E-state index is -0.242. The minimum absolute atomic E-state index is 0.242. The zero-order valence-electron chi connectivity index (χ0n) is 8.52. The van der Waals surface area contributed by atoms with Crippen molar-refractivity contribution >= 4 is 0 Å². The van der Waals surface area contributed by atoms with Gasteiger partial charge in [0.25, 0.3) is 0 Å². The van der Waals surface area contributed by atoms with E-state index in [1.165, 1.54) is 13.1 Å². The van der Waals surface area contributed by atoms with Crippen molar-refractivity contribution in [2.75, 3.05) is 32.7 Å². The molecule has 0 aliphatic carbocycles. The van der Waals surface area contributed by atoms with Gasteiger partial charge in [-0.3, -0.25) is 9.80 Å². The first-order valence-electron chi connectivity index (χ1n) is 5.39. The Morgan fingerprint density at radius 1 is 1.36 bits per heavy atom. The summed E-state index contributed by atoms with van der Waals surface area (Å²) in [5.74, 6) is 2.59. The van der Waals surface area contributed by atoms with Gasteiger partial charge in [0.15, 0.2) is 0 Å². The number of fused-ring (bicyclic) bond motifs is 3. The van der Waals surface area contributed by atoms with E-state index in [-0.39, 0.29) is 6.10 Å². The monoisotopic (exact) mass is 194 g/mol. The minimum Gasteiger partial charge on any atom is -0.391 e. The molecule has 0 aromatic heterocycles. The van der Waals surface area contributed by atoms with Crippen molar-refractivity contribution in [2.45, 2.75) is 25.0 Å². The summed E-state index contributed by atoms with van der Waals surface area (Å²) in [6.45, 7) is 5.57. The highest BCUT2D eigenvalue weighted by atomic mass is 16.3. The molecule has 3 nitrogen and oxygen atoms in total. The average molecular weight is 194 g/mol. The predicted octanol–water partition coefficient (Wildman–Crippen LogP) is -0.239. The largest absolute Gasteiger partial charge is 0.391 e. The fourth-order valence-electron chi connectivity index (χ4n) is 2.45. The van der Waals surface area contributed by atoms with Crippen LogP contribution in [0.4, 0.5) is 0 Å². The summed E-state index contributed by atoms with van der Waals surface area (Å²) in [5.41, 5.74) is 0. The van der Waals surface area contributed by atoms with Gasteiger partial charge in [0.1, 0.15) is 0 Å². The molecular weight excluding hydrogens is 176 g/mol. The number of hydrogen-bond acceptors (Lipinski definition) is 3. The Bertz CT molecular complexity index is 228. The zero-order chi connectivity index (χ0) is 9.97. The van der Waals surface area contributed by atoms with Crippen molar-refractivity contribution < 1.29 is 5.11 Å². The number of hydrogen-bond donors (Lipinski definition) is 1. The Morgan fingerprint density at radius 2 is 2.07 bits per heavy atom. The second-order valence-corrected chi connectivity index (χ2v) is 4.21. The van der Waals surface area contributed by atoms with Crippen molar-refractivity contribution in [2.24, 2.45) is 0 Å². The van der Waals surface area contributed by atoms with Gasteiger partial charge in [-0.05, 0) is 6.42 Å². The van der Waals surface area contributed by atoms with Crippen LogP contribution in [0.15, 0.2) is 0 Å². The number of aliphatic hydroxyl groups is 1. The van der Waals surface area contributed by atoms with Crippen molar-refractivity contribution in [3.05, 3.63) is 0 Å². The van der Waals surface area contributed by atoms with Crippen LogP contribution in [0.3, 0.4) is 0 Å². The lowest BCUT2D eigenvalue weighted by atomic mass is 9.99. The Kier molecular flexibility index (Phi) is 3.07. The Morgan fingerprint density at radius 3 is 2.57 bits per heavy atom. The molecule has 14 heavy (non-hydrogen) atoms. The van der Waals surface area contributed by atoms with E-state index in [4.69, 9.17) is 6.42 Å². The van der Waals surface area contributed by atoms with E-state index >= 15 is 0 Å². The van der Waals surface area contributed by atoms with Crippen LogP contribution in [0.5, 0.6) is 0 Å². The van der Waals surface area contributed by atoms with E-state index in [9.17, 15) is 5.11 Å². The molecule has 0 spiro atoms. The van der Waals surface area contributed by atoms with Crippen LogP contribution in [-0.4, -0.2) is 59.8 Å². The van der Waals surface area contributed by atoms with Crippen molar-refractivity contribution in [3.63, 3.8) is 0 Å². The fraction of sp³-hybridized carbons (Fsp3) is 0.818. The highest BCUT2D eigenvalue weighted by Gasteiger charge is 2.35. The molecule has 2 unspecified atom stereocenters. The molecule has 0 saturated carbocycles. The highest BCUT2D eigenvalue weighted by molar-refractivity contribution is 4.94. The first-order chi connectivity index (χ1) is 6.81. The molecule has 0 amide bonds. The summed E-state index contributed by atoms with van der Waals surface area (Å²) in [7, 11) is 0. The van der Waals surface area contributed by atoms with Crippen LogP contribution < -0.4 is 0 Å². The topological polar surface area (TPSA) is 26.7 Å². The van der Waals surface area contributed by atoms with Crippen molar-refractivity contribution in [1.29, 1.82) is 0 Å². The average Bonchev–Trinajstić information content (AvgIpc) is 2.27. The van der Waals surface area contributed by atoms with Crippen LogP contribution in [0.2, 0.25) is 0 Å². The Hall–Kier alpha value is -0.560. The third-order valence-corrected chi connectivity index (χ3v) is 3.35. The molecule has 0 radical (unpaired) electrons. The van der Waals surface area contributed by atoms with Crippen LogP contribution in [0.1, 0.15) is 12.8 Å². The molecule has 3 fully saturated rings. The van der Waals surface area contributed by atoms with E-state index in [0.29, 0.717) is 12.5 Å². The van der Waals surface area contributed by atoms with E-state index in [1.54, 1.807) is 0 Å². The van der Waals surface area contributed by atoms with Gasteiger partial charge in [-0.25, -0.2) is 0 Å². The Labute approximate surface area is 85.7 Å². The van der Waals surface area contributed by atoms with Gasteiger partial charge in [-0.15, -0.1) is 12.3 Å². The van der Waals surface area contributed by atoms with Crippen molar-refractivity contribution in [1.82, 2.24) is 9.80 Å². The third kappa shape index (κ3) is 1.93. The summed E-state index contributed by atoms with van der Waals surface area (Å²) < 4.78 is 0. The smallest absolute Gasteiger partial charge is 0.0716 e. The van der Waals surface area contributed by atoms with Crippen molar-refractivity contribution in [3.8, 4) is 12.3 Å². The SMILES string of the molecule is C#CCCC(O)C1CN2CCN1CC2. The van der Waals surface area contributed by atoms with Crippen LogP contribution >= 0.6 is 0 Å².